The summed E-state index contributed by atoms with van der Waals surface area (Å²) in [6.07, 6.45) is 2.60. The average Bonchev–Trinajstić information content (AvgIpc) is 2.71. The molecule has 1 aromatic carbocycles. The van der Waals surface area contributed by atoms with Crippen LogP contribution in [-0.2, 0) is 10.0 Å². The second kappa shape index (κ2) is 5.49. The van der Waals surface area contributed by atoms with E-state index in [1.54, 1.807) is 18.2 Å². The summed E-state index contributed by atoms with van der Waals surface area (Å²) < 4.78 is 31.4. The van der Waals surface area contributed by atoms with Crippen LogP contribution in [0.1, 0.15) is 0 Å². The van der Waals surface area contributed by atoms with Crippen molar-refractivity contribution in [2.24, 2.45) is 0 Å². The van der Waals surface area contributed by atoms with Crippen LogP contribution in [0.5, 0.6) is 0 Å². The number of aromatic nitrogens is 1. The van der Waals surface area contributed by atoms with Gasteiger partial charge in [-0.25, -0.2) is 8.42 Å². The Labute approximate surface area is 115 Å². The molecular formula is C9H7N2NaO3S. The van der Waals surface area contributed by atoms with E-state index in [2.05, 4.69) is 9.71 Å². The molecule has 1 heterocycles. The van der Waals surface area contributed by atoms with E-state index in [1.165, 1.54) is 24.6 Å². The van der Waals surface area contributed by atoms with Crippen LogP contribution in [0.4, 0.5) is 6.01 Å². The van der Waals surface area contributed by atoms with Crippen LogP contribution in [0.3, 0.4) is 0 Å². The largest absolute Gasteiger partial charge is 1.00 e. The van der Waals surface area contributed by atoms with Gasteiger partial charge in [0.05, 0.1) is 11.2 Å². The molecule has 0 amide bonds. The second-order valence-electron chi connectivity index (χ2n) is 2.69. The summed E-state index contributed by atoms with van der Waals surface area (Å²) >= 11 is 0. The van der Waals surface area contributed by atoms with E-state index in [-0.39, 0.29) is 40.5 Å². The summed E-state index contributed by atoms with van der Waals surface area (Å²) in [7, 11) is -3.71. The Bertz CT molecular complexity index is 525. The van der Waals surface area contributed by atoms with E-state index in [0.29, 0.717) is 0 Å². The number of nitrogens with zero attached hydrogens (tertiary/aromatic N) is 2. The zero-order chi connectivity index (χ0) is 10.7. The van der Waals surface area contributed by atoms with Gasteiger partial charge >= 0.3 is 29.6 Å². The normalized spacial score (nSPS) is 10.5. The zero-order valence-electron chi connectivity index (χ0n) is 8.57. The van der Waals surface area contributed by atoms with Crippen molar-refractivity contribution in [1.29, 1.82) is 0 Å². The predicted octanol–water partition coefficient (Wildman–Crippen LogP) is -0.927. The molecular weight excluding hydrogens is 239 g/mol. The van der Waals surface area contributed by atoms with E-state index >= 15 is 0 Å². The van der Waals surface area contributed by atoms with Gasteiger partial charge in [-0.2, -0.15) is 0 Å². The monoisotopic (exact) mass is 246 g/mol. The quantitative estimate of drug-likeness (QED) is 0.656. The van der Waals surface area contributed by atoms with Gasteiger partial charge in [-0.05, 0) is 18.3 Å². The Morgan fingerprint density at radius 2 is 1.88 bits per heavy atom. The van der Waals surface area contributed by atoms with Crippen molar-refractivity contribution < 1.29 is 42.4 Å². The zero-order valence-corrected chi connectivity index (χ0v) is 11.4. The van der Waals surface area contributed by atoms with Crippen molar-refractivity contribution in [1.82, 2.24) is 4.98 Å². The molecule has 0 aliphatic heterocycles. The molecule has 7 heteroatoms. The van der Waals surface area contributed by atoms with Gasteiger partial charge in [0.15, 0.2) is 0 Å². The molecule has 0 spiro atoms. The third-order valence-electron chi connectivity index (χ3n) is 1.66. The van der Waals surface area contributed by atoms with E-state index < -0.39 is 10.0 Å². The molecule has 0 bridgehead atoms. The van der Waals surface area contributed by atoms with Crippen molar-refractivity contribution in [3.05, 3.63) is 47.5 Å². The fraction of sp³-hybridized carbons (Fsp3) is 0. The molecule has 0 aliphatic rings. The third-order valence-corrected chi connectivity index (χ3v) is 2.92. The number of benzene rings is 1. The summed E-state index contributed by atoms with van der Waals surface area (Å²) in [5.74, 6) is 0. The van der Waals surface area contributed by atoms with Crippen LogP contribution >= 0.6 is 0 Å². The first-order valence-electron chi connectivity index (χ1n) is 4.11. The summed E-state index contributed by atoms with van der Waals surface area (Å²) in [5, 5.41) is 0. The van der Waals surface area contributed by atoms with Gasteiger partial charge in [0.25, 0.3) is 0 Å². The van der Waals surface area contributed by atoms with Gasteiger partial charge < -0.3 is 14.1 Å². The molecule has 0 fully saturated rings. The van der Waals surface area contributed by atoms with Crippen LogP contribution in [-0.4, -0.2) is 13.4 Å². The number of hydrogen-bond acceptors (Lipinski definition) is 4. The minimum atomic E-state index is -3.71. The van der Waals surface area contributed by atoms with Crippen molar-refractivity contribution in [3.8, 4) is 0 Å². The van der Waals surface area contributed by atoms with E-state index in [4.69, 9.17) is 4.42 Å². The Morgan fingerprint density at radius 1 is 1.19 bits per heavy atom. The van der Waals surface area contributed by atoms with E-state index in [1.807, 2.05) is 0 Å². The summed E-state index contributed by atoms with van der Waals surface area (Å²) in [4.78, 5) is 3.73. The predicted molar refractivity (Wildman–Crippen MR) is 53.1 cm³/mol. The molecule has 0 radical (unpaired) electrons. The number of oxazole rings is 1. The molecule has 2 aromatic rings. The molecule has 0 saturated carbocycles. The van der Waals surface area contributed by atoms with Crippen LogP contribution in [0.15, 0.2) is 52.1 Å². The maximum absolute atomic E-state index is 11.6. The summed E-state index contributed by atoms with van der Waals surface area (Å²) in [6, 6.07) is 7.72. The second-order valence-corrected chi connectivity index (χ2v) is 4.30. The van der Waals surface area contributed by atoms with Crippen LogP contribution in [0.25, 0.3) is 4.72 Å². The molecule has 0 N–H and O–H groups in total. The van der Waals surface area contributed by atoms with Crippen LogP contribution in [0.2, 0.25) is 0 Å². The molecule has 0 saturated heterocycles. The molecule has 2 rings (SSSR count). The first kappa shape index (κ1) is 13.2. The van der Waals surface area contributed by atoms with Crippen LogP contribution in [0, 0.1) is 0 Å². The van der Waals surface area contributed by atoms with Crippen LogP contribution < -0.4 is 29.6 Å². The van der Waals surface area contributed by atoms with Crippen molar-refractivity contribution in [3.63, 3.8) is 0 Å². The maximum Gasteiger partial charge on any atom is 1.00 e. The number of rotatable bonds is 3. The molecule has 1 aromatic heterocycles. The Kier molecular flexibility index (Phi) is 4.55. The van der Waals surface area contributed by atoms with Gasteiger partial charge in [-0.3, -0.25) is 0 Å². The first-order valence-corrected chi connectivity index (χ1v) is 5.55. The van der Waals surface area contributed by atoms with Crippen molar-refractivity contribution in [2.75, 3.05) is 0 Å². The molecule has 0 unspecified atom stereocenters. The summed E-state index contributed by atoms with van der Waals surface area (Å²) in [6.45, 7) is 0. The Balaban J connectivity index is 0.00000128. The summed E-state index contributed by atoms with van der Waals surface area (Å²) in [5.41, 5.74) is 0. The molecule has 0 atom stereocenters. The van der Waals surface area contributed by atoms with E-state index in [0.717, 1.165) is 0 Å². The number of sulfonamides is 1. The Hall–Kier alpha value is -0.820. The molecule has 16 heavy (non-hydrogen) atoms. The Morgan fingerprint density at radius 3 is 2.44 bits per heavy atom. The third kappa shape index (κ3) is 3.08. The van der Waals surface area contributed by atoms with E-state index in [9.17, 15) is 8.42 Å². The van der Waals surface area contributed by atoms with Gasteiger partial charge in [-0.1, -0.05) is 18.2 Å². The fourth-order valence-corrected chi connectivity index (χ4v) is 1.91. The topological polar surface area (TPSA) is 74.3 Å². The SMILES string of the molecule is O=S(=O)([N-]c1ncco1)c1ccccc1.[Na+]. The smallest absolute Gasteiger partial charge is 0.472 e. The minimum Gasteiger partial charge on any atom is -0.472 e. The van der Waals surface area contributed by atoms with Gasteiger partial charge in [0.2, 0.25) is 10.0 Å². The van der Waals surface area contributed by atoms with Crippen molar-refractivity contribution >= 4 is 16.0 Å². The maximum atomic E-state index is 11.6. The first-order chi connectivity index (χ1) is 7.18. The standard InChI is InChI=1S/C9H7N2O3S.Na/c12-15(13,8-4-2-1-3-5-8)11-9-10-6-7-14-9;/h1-7H;/q-1;+1. The van der Waals surface area contributed by atoms with Gasteiger partial charge in [0.1, 0.15) is 6.01 Å². The van der Waals surface area contributed by atoms with Crippen molar-refractivity contribution in [2.45, 2.75) is 4.90 Å². The van der Waals surface area contributed by atoms with Gasteiger partial charge in [0, 0.05) is 0 Å². The molecule has 5 nitrogen and oxygen atoms in total. The average molecular weight is 246 g/mol. The minimum absolute atomic E-state index is 0. The molecule has 0 aliphatic carbocycles. The van der Waals surface area contributed by atoms with Gasteiger partial charge in [-0.15, -0.1) is 0 Å². The number of hydrogen-bond donors (Lipinski definition) is 0. The fourth-order valence-electron chi connectivity index (χ4n) is 1.01. The molecule has 78 valence electrons.